The van der Waals surface area contributed by atoms with Crippen LogP contribution >= 0.6 is 23.2 Å². The van der Waals surface area contributed by atoms with Crippen molar-refractivity contribution in [2.24, 2.45) is 0 Å². The molecule has 0 bridgehead atoms. The predicted octanol–water partition coefficient (Wildman–Crippen LogP) is 3.86. The van der Waals surface area contributed by atoms with Crippen molar-refractivity contribution in [1.82, 2.24) is 0 Å². The van der Waals surface area contributed by atoms with E-state index < -0.39 is 11.8 Å². The number of amides is 2. The molecule has 0 spiro atoms. The van der Waals surface area contributed by atoms with E-state index in [-0.39, 0.29) is 13.0 Å². The lowest BCUT2D eigenvalue weighted by Crippen LogP contribution is -2.21. The van der Waals surface area contributed by atoms with Gasteiger partial charge in [-0.2, -0.15) is 5.26 Å². The smallest absolute Gasteiger partial charge is 0.262 e. The first-order valence-electron chi connectivity index (χ1n) is 7.13. The highest BCUT2D eigenvalue weighted by Gasteiger charge is 2.11. The standard InChI is InChI=1S/C17H13Cl2N3O3/c18-11-5-6-15(12(19)9-11)25-10-17(24)22-14-4-2-1-3-13(14)21-16(23)7-8-20/h1-6,9H,7,10H2,(H,21,23)(H,22,24). The van der Waals surface area contributed by atoms with Crippen LogP contribution in [0.4, 0.5) is 11.4 Å². The van der Waals surface area contributed by atoms with Gasteiger partial charge < -0.3 is 15.4 Å². The van der Waals surface area contributed by atoms with Crippen LogP contribution in [0, 0.1) is 11.3 Å². The van der Waals surface area contributed by atoms with E-state index >= 15 is 0 Å². The van der Waals surface area contributed by atoms with Crippen molar-refractivity contribution < 1.29 is 14.3 Å². The molecule has 2 aromatic carbocycles. The van der Waals surface area contributed by atoms with E-state index in [0.717, 1.165) is 0 Å². The molecule has 0 aliphatic carbocycles. The molecule has 0 aliphatic rings. The Morgan fingerprint density at radius 1 is 1.04 bits per heavy atom. The van der Waals surface area contributed by atoms with E-state index in [4.69, 9.17) is 33.2 Å². The van der Waals surface area contributed by atoms with Gasteiger partial charge in [-0.25, -0.2) is 0 Å². The number of hydrogen-bond donors (Lipinski definition) is 2. The maximum absolute atomic E-state index is 12.1. The van der Waals surface area contributed by atoms with Crippen LogP contribution in [0.5, 0.6) is 5.75 Å². The number of carbonyl (C=O) groups excluding carboxylic acids is 2. The molecular formula is C17H13Cl2N3O3. The van der Waals surface area contributed by atoms with Gasteiger partial charge in [0.25, 0.3) is 5.91 Å². The molecule has 2 N–H and O–H groups in total. The largest absolute Gasteiger partial charge is 0.482 e. The minimum absolute atomic E-state index is 0.276. The average Bonchev–Trinajstić information content (AvgIpc) is 2.56. The highest BCUT2D eigenvalue weighted by molar-refractivity contribution is 6.35. The summed E-state index contributed by atoms with van der Waals surface area (Å²) >= 11 is 11.8. The molecule has 6 nitrogen and oxygen atoms in total. The summed E-state index contributed by atoms with van der Waals surface area (Å²) in [6, 6.07) is 13.1. The summed E-state index contributed by atoms with van der Waals surface area (Å²) in [6.45, 7) is -0.276. The summed E-state index contributed by atoms with van der Waals surface area (Å²) in [5.74, 6) is -0.571. The Morgan fingerprint density at radius 2 is 1.68 bits per heavy atom. The third kappa shape index (κ3) is 5.68. The van der Waals surface area contributed by atoms with Crippen molar-refractivity contribution in [2.75, 3.05) is 17.2 Å². The average molecular weight is 378 g/mol. The Bertz CT molecular complexity index is 834. The molecule has 0 aromatic heterocycles. The second kappa shape index (κ2) is 8.92. The number of nitrogens with one attached hydrogen (secondary N) is 2. The number of halogens is 2. The highest BCUT2D eigenvalue weighted by atomic mass is 35.5. The molecule has 2 amide bonds. The van der Waals surface area contributed by atoms with Gasteiger partial charge in [0.2, 0.25) is 5.91 Å². The normalized spacial score (nSPS) is 9.80. The SMILES string of the molecule is N#CCC(=O)Nc1ccccc1NC(=O)COc1ccc(Cl)cc1Cl. The van der Waals surface area contributed by atoms with Crippen molar-refractivity contribution in [3.05, 3.63) is 52.5 Å². The molecule has 2 aromatic rings. The van der Waals surface area contributed by atoms with Crippen LogP contribution in [-0.2, 0) is 9.59 Å². The van der Waals surface area contributed by atoms with Crippen molar-refractivity contribution in [3.63, 3.8) is 0 Å². The lowest BCUT2D eigenvalue weighted by atomic mass is 10.2. The fraction of sp³-hybridized carbons (Fsp3) is 0.118. The number of benzene rings is 2. The number of para-hydroxylation sites is 2. The van der Waals surface area contributed by atoms with Gasteiger partial charge in [0.05, 0.1) is 22.5 Å². The molecule has 0 atom stereocenters. The minimum Gasteiger partial charge on any atom is -0.482 e. The Morgan fingerprint density at radius 3 is 2.28 bits per heavy atom. The number of nitriles is 1. The van der Waals surface area contributed by atoms with Crippen LogP contribution in [0.25, 0.3) is 0 Å². The molecule has 0 fully saturated rings. The second-order valence-electron chi connectivity index (χ2n) is 4.84. The first-order chi connectivity index (χ1) is 12.0. The van der Waals surface area contributed by atoms with Gasteiger partial charge in [-0.15, -0.1) is 0 Å². The van der Waals surface area contributed by atoms with Crippen LogP contribution in [0.1, 0.15) is 6.42 Å². The van der Waals surface area contributed by atoms with Crippen LogP contribution in [0.3, 0.4) is 0 Å². The van der Waals surface area contributed by atoms with E-state index in [1.807, 2.05) is 0 Å². The van der Waals surface area contributed by atoms with Crippen LogP contribution in [-0.4, -0.2) is 18.4 Å². The molecule has 0 unspecified atom stereocenters. The number of nitrogens with zero attached hydrogens (tertiary/aromatic N) is 1. The monoisotopic (exact) mass is 377 g/mol. The highest BCUT2D eigenvalue weighted by Crippen LogP contribution is 2.27. The predicted molar refractivity (Wildman–Crippen MR) is 95.9 cm³/mol. The lowest BCUT2D eigenvalue weighted by molar-refractivity contribution is -0.118. The molecule has 0 radical (unpaired) electrons. The summed E-state index contributed by atoms with van der Waals surface area (Å²) in [7, 11) is 0. The van der Waals surface area contributed by atoms with Crippen LogP contribution in [0.2, 0.25) is 10.0 Å². The lowest BCUT2D eigenvalue weighted by Gasteiger charge is -2.12. The Labute approximate surface area is 154 Å². The molecule has 0 heterocycles. The zero-order valence-electron chi connectivity index (χ0n) is 12.9. The summed E-state index contributed by atoms with van der Waals surface area (Å²) in [5, 5.41) is 14.5. The van der Waals surface area contributed by atoms with E-state index in [1.54, 1.807) is 42.5 Å². The molecule has 8 heteroatoms. The molecule has 0 aliphatic heterocycles. The summed E-state index contributed by atoms with van der Waals surface area (Å²) in [4.78, 5) is 23.6. The van der Waals surface area contributed by atoms with Crippen molar-refractivity contribution in [2.45, 2.75) is 6.42 Å². The third-order valence-corrected chi connectivity index (χ3v) is 3.50. The summed E-state index contributed by atoms with van der Waals surface area (Å²) < 4.78 is 5.35. The molecule has 2 rings (SSSR count). The Kier molecular flexibility index (Phi) is 6.63. The van der Waals surface area contributed by atoms with Gasteiger partial charge in [0.1, 0.15) is 12.2 Å². The van der Waals surface area contributed by atoms with Gasteiger partial charge in [0, 0.05) is 5.02 Å². The number of carbonyl (C=O) groups is 2. The Balaban J connectivity index is 1.98. The zero-order valence-corrected chi connectivity index (χ0v) is 14.4. The fourth-order valence-electron chi connectivity index (χ4n) is 1.89. The molecule has 25 heavy (non-hydrogen) atoms. The van der Waals surface area contributed by atoms with Gasteiger partial charge in [-0.05, 0) is 30.3 Å². The van der Waals surface area contributed by atoms with E-state index in [0.29, 0.717) is 27.2 Å². The van der Waals surface area contributed by atoms with Crippen molar-refractivity contribution in [3.8, 4) is 11.8 Å². The Hall–Kier alpha value is -2.75. The summed E-state index contributed by atoms with van der Waals surface area (Å²) in [6.07, 6.45) is -0.277. The number of anilines is 2. The summed E-state index contributed by atoms with van der Waals surface area (Å²) in [5.41, 5.74) is 0.783. The van der Waals surface area contributed by atoms with Crippen molar-refractivity contribution >= 4 is 46.4 Å². The van der Waals surface area contributed by atoms with E-state index in [1.165, 1.54) is 6.07 Å². The zero-order chi connectivity index (χ0) is 18.2. The molecule has 0 saturated heterocycles. The first-order valence-corrected chi connectivity index (χ1v) is 7.88. The molecular weight excluding hydrogens is 365 g/mol. The number of ether oxygens (including phenoxy) is 1. The van der Waals surface area contributed by atoms with Gasteiger partial charge >= 0.3 is 0 Å². The molecule has 0 saturated carbocycles. The van der Waals surface area contributed by atoms with Gasteiger partial charge in [0.15, 0.2) is 6.61 Å². The van der Waals surface area contributed by atoms with Gasteiger partial charge in [-0.1, -0.05) is 35.3 Å². The van der Waals surface area contributed by atoms with Crippen LogP contribution in [0.15, 0.2) is 42.5 Å². The van der Waals surface area contributed by atoms with E-state index in [9.17, 15) is 9.59 Å². The minimum atomic E-state index is -0.464. The number of hydrogen-bond acceptors (Lipinski definition) is 4. The number of rotatable bonds is 6. The van der Waals surface area contributed by atoms with Gasteiger partial charge in [-0.3, -0.25) is 9.59 Å². The first kappa shape index (κ1) is 18.6. The van der Waals surface area contributed by atoms with E-state index in [2.05, 4.69) is 10.6 Å². The second-order valence-corrected chi connectivity index (χ2v) is 5.68. The van der Waals surface area contributed by atoms with Crippen molar-refractivity contribution in [1.29, 1.82) is 5.26 Å². The fourth-order valence-corrected chi connectivity index (χ4v) is 2.35. The quantitative estimate of drug-likeness (QED) is 0.799. The maximum atomic E-state index is 12.1. The third-order valence-electron chi connectivity index (χ3n) is 2.97. The topological polar surface area (TPSA) is 91.2 Å². The molecule has 128 valence electrons. The maximum Gasteiger partial charge on any atom is 0.262 e. The van der Waals surface area contributed by atoms with Crippen LogP contribution < -0.4 is 15.4 Å².